The van der Waals surface area contributed by atoms with Crippen molar-refractivity contribution in [3.05, 3.63) is 57.5 Å². The highest BCUT2D eigenvalue weighted by Crippen LogP contribution is 2.39. The van der Waals surface area contributed by atoms with Crippen molar-refractivity contribution in [2.75, 3.05) is 20.8 Å². The van der Waals surface area contributed by atoms with Crippen LogP contribution in [0.5, 0.6) is 11.5 Å². The Balaban J connectivity index is 1.65. The fourth-order valence-corrected chi connectivity index (χ4v) is 3.92. The molecule has 0 radical (unpaired) electrons. The van der Waals surface area contributed by atoms with Gasteiger partial charge >= 0.3 is 5.69 Å². The van der Waals surface area contributed by atoms with Gasteiger partial charge in [0.05, 0.1) is 27.0 Å². The Kier molecular flexibility index (Phi) is 4.93. The Bertz CT molecular complexity index is 1100. The summed E-state index contributed by atoms with van der Waals surface area (Å²) in [6, 6.07) is 5.34. The van der Waals surface area contributed by atoms with Gasteiger partial charge in [0.2, 0.25) is 0 Å². The Morgan fingerprint density at radius 3 is 2.62 bits per heavy atom. The lowest BCUT2D eigenvalue weighted by atomic mass is 9.95. The summed E-state index contributed by atoms with van der Waals surface area (Å²) in [5.41, 5.74) is 2.14. The van der Waals surface area contributed by atoms with E-state index in [0.717, 1.165) is 16.8 Å². The molecule has 154 valence electrons. The predicted molar refractivity (Wildman–Crippen MR) is 104 cm³/mol. The quantitative estimate of drug-likeness (QED) is 0.697. The van der Waals surface area contributed by atoms with E-state index in [4.69, 9.17) is 14.0 Å². The van der Waals surface area contributed by atoms with Gasteiger partial charge in [-0.05, 0) is 26.0 Å². The number of nitrogens with zero attached hydrogens (tertiary/aromatic N) is 4. The molecule has 1 N–H and O–H groups in total. The van der Waals surface area contributed by atoms with Crippen LogP contribution in [0.3, 0.4) is 0 Å². The third kappa shape index (κ3) is 3.32. The van der Waals surface area contributed by atoms with Gasteiger partial charge in [0.1, 0.15) is 17.3 Å². The zero-order chi connectivity index (χ0) is 20.7. The van der Waals surface area contributed by atoms with E-state index in [9.17, 15) is 9.90 Å². The van der Waals surface area contributed by atoms with Crippen LogP contribution in [-0.2, 0) is 13.2 Å². The maximum Gasteiger partial charge on any atom is 0.335 e. The van der Waals surface area contributed by atoms with Crippen LogP contribution >= 0.6 is 0 Å². The molecule has 0 amide bonds. The molecule has 3 heterocycles. The lowest BCUT2D eigenvalue weighted by Gasteiger charge is -2.33. The van der Waals surface area contributed by atoms with E-state index in [1.54, 1.807) is 44.0 Å². The summed E-state index contributed by atoms with van der Waals surface area (Å²) in [6.45, 7) is 4.83. The lowest BCUT2D eigenvalue weighted by molar-refractivity contribution is 0.0696. The molecule has 0 bridgehead atoms. The van der Waals surface area contributed by atoms with E-state index in [-0.39, 0.29) is 5.69 Å². The van der Waals surface area contributed by atoms with Crippen molar-refractivity contribution >= 4 is 0 Å². The van der Waals surface area contributed by atoms with Gasteiger partial charge in [-0.3, -0.25) is 9.47 Å². The molecule has 1 aliphatic rings. The van der Waals surface area contributed by atoms with Crippen LogP contribution in [0.4, 0.5) is 0 Å². The number of ether oxygens (including phenoxy) is 2. The number of β-amino-alcohol motifs (C(OH)–C–C–N with tert-alkyl or cyclic N) is 1. The minimum Gasteiger partial charge on any atom is -0.496 e. The minimum absolute atomic E-state index is 0.214. The first kappa shape index (κ1) is 19.3. The average molecular weight is 400 g/mol. The SMILES string of the molecule is COc1ccc(OC)c2c1CN(Cn1cc(C)n(-c3cc(C)on3)c1=O)CC2O. The van der Waals surface area contributed by atoms with E-state index < -0.39 is 6.10 Å². The highest BCUT2D eigenvalue weighted by molar-refractivity contribution is 5.51. The molecule has 3 aromatic rings. The Morgan fingerprint density at radius 2 is 1.97 bits per heavy atom. The Morgan fingerprint density at radius 1 is 1.24 bits per heavy atom. The highest BCUT2D eigenvalue weighted by atomic mass is 16.5. The molecule has 9 heteroatoms. The van der Waals surface area contributed by atoms with E-state index in [1.807, 2.05) is 17.9 Å². The minimum atomic E-state index is -0.749. The van der Waals surface area contributed by atoms with Crippen LogP contribution < -0.4 is 15.2 Å². The number of aryl methyl sites for hydroxylation is 2. The van der Waals surface area contributed by atoms with Crippen LogP contribution in [0.1, 0.15) is 28.7 Å². The predicted octanol–water partition coefficient (Wildman–Crippen LogP) is 1.77. The number of aliphatic hydroxyl groups excluding tert-OH is 1. The molecule has 29 heavy (non-hydrogen) atoms. The lowest BCUT2D eigenvalue weighted by Crippen LogP contribution is -2.38. The highest BCUT2D eigenvalue weighted by Gasteiger charge is 2.30. The van der Waals surface area contributed by atoms with E-state index in [2.05, 4.69) is 5.16 Å². The number of hydrogen-bond donors (Lipinski definition) is 1. The number of methoxy groups -OCH3 is 2. The van der Waals surface area contributed by atoms with Gasteiger partial charge in [-0.1, -0.05) is 5.16 Å². The fourth-order valence-electron chi connectivity index (χ4n) is 3.92. The zero-order valence-electron chi connectivity index (χ0n) is 16.9. The van der Waals surface area contributed by atoms with E-state index in [1.165, 1.54) is 4.57 Å². The van der Waals surface area contributed by atoms with Crippen molar-refractivity contribution in [2.24, 2.45) is 0 Å². The Hall–Kier alpha value is -3.04. The van der Waals surface area contributed by atoms with Crippen molar-refractivity contribution in [1.29, 1.82) is 0 Å². The first-order valence-electron chi connectivity index (χ1n) is 9.29. The molecule has 2 aromatic heterocycles. The molecule has 0 aliphatic carbocycles. The Labute approximate surface area is 167 Å². The second kappa shape index (κ2) is 7.41. The maximum absolute atomic E-state index is 12.9. The molecule has 0 saturated carbocycles. The molecule has 1 aliphatic heterocycles. The number of imidazole rings is 1. The number of benzene rings is 1. The van der Waals surface area contributed by atoms with Gasteiger partial charge in [0.15, 0.2) is 5.82 Å². The topological polar surface area (TPSA) is 94.9 Å². The smallest absolute Gasteiger partial charge is 0.335 e. The van der Waals surface area contributed by atoms with Crippen LogP contribution in [0.25, 0.3) is 5.82 Å². The number of rotatable bonds is 5. The van der Waals surface area contributed by atoms with Crippen molar-refractivity contribution in [3.8, 4) is 17.3 Å². The zero-order valence-corrected chi connectivity index (χ0v) is 16.9. The fraction of sp³-hybridized carbons (Fsp3) is 0.400. The van der Waals surface area contributed by atoms with Crippen LogP contribution in [0, 0.1) is 13.8 Å². The van der Waals surface area contributed by atoms with E-state index >= 15 is 0 Å². The average Bonchev–Trinajstić information content (AvgIpc) is 3.23. The third-order valence-corrected chi connectivity index (χ3v) is 5.19. The molecule has 1 aromatic carbocycles. The monoisotopic (exact) mass is 400 g/mol. The number of aliphatic hydroxyl groups is 1. The molecular formula is C20H24N4O5. The molecule has 1 unspecified atom stereocenters. The summed E-state index contributed by atoms with van der Waals surface area (Å²) < 4.78 is 19.1. The number of aromatic nitrogens is 3. The largest absolute Gasteiger partial charge is 0.496 e. The van der Waals surface area contributed by atoms with Crippen molar-refractivity contribution in [2.45, 2.75) is 33.2 Å². The van der Waals surface area contributed by atoms with Crippen molar-refractivity contribution in [1.82, 2.24) is 19.2 Å². The molecular weight excluding hydrogens is 376 g/mol. The van der Waals surface area contributed by atoms with Crippen LogP contribution in [-0.4, -0.2) is 45.1 Å². The molecule has 1 atom stereocenters. The molecule has 0 saturated heterocycles. The van der Waals surface area contributed by atoms with Crippen LogP contribution in [0.2, 0.25) is 0 Å². The maximum atomic E-state index is 12.9. The summed E-state index contributed by atoms with van der Waals surface area (Å²) >= 11 is 0. The summed E-state index contributed by atoms with van der Waals surface area (Å²) in [5.74, 6) is 2.41. The number of fused-ring (bicyclic) bond motifs is 1. The van der Waals surface area contributed by atoms with Crippen LogP contribution in [0.15, 0.2) is 33.7 Å². The normalized spacial score (nSPS) is 16.7. The van der Waals surface area contributed by atoms with Crippen molar-refractivity contribution < 1.29 is 19.1 Å². The standard InChI is InChI=1S/C20H24N4O5/c1-12-8-23(20(26)24(12)18-7-13(2)29-21-18)11-22-9-14-16(27-3)5-6-17(28-4)19(14)15(25)10-22/h5-8,15,25H,9-11H2,1-4H3. The van der Waals surface area contributed by atoms with Gasteiger partial charge in [-0.15, -0.1) is 0 Å². The third-order valence-electron chi connectivity index (χ3n) is 5.19. The first-order valence-corrected chi connectivity index (χ1v) is 9.29. The second-order valence-electron chi connectivity index (χ2n) is 7.19. The van der Waals surface area contributed by atoms with E-state index in [0.29, 0.717) is 42.8 Å². The summed E-state index contributed by atoms with van der Waals surface area (Å²) in [4.78, 5) is 14.9. The molecule has 4 rings (SSSR count). The van der Waals surface area contributed by atoms with Gasteiger partial charge in [-0.25, -0.2) is 9.36 Å². The molecule has 0 spiro atoms. The van der Waals surface area contributed by atoms with Gasteiger partial charge in [-0.2, -0.15) is 0 Å². The summed E-state index contributed by atoms with van der Waals surface area (Å²) in [5, 5.41) is 14.7. The summed E-state index contributed by atoms with van der Waals surface area (Å²) in [7, 11) is 3.18. The van der Waals surface area contributed by atoms with Gasteiger partial charge in [0.25, 0.3) is 0 Å². The molecule has 0 fully saturated rings. The first-order chi connectivity index (χ1) is 13.9. The van der Waals surface area contributed by atoms with Gasteiger partial charge in [0, 0.05) is 42.2 Å². The van der Waals surface area contributed by atoms with Gasteiger partial charge < -0.3 is 19.1 Å². The summed E-state index contributed by atoms with van der Waals surface area (Å²) in [6.07, 6.45) is 1.03. The van der Waals surface area contributed by atoms with Crippen molar-refractivity contribution in [3.63, 3.8) is 0 Å². The second-order valence-corrected chi connectivity index (χ2v) is 7.19. The molecule has 9 nitrogen and oxygen atoms in total. The number of hydrogen-bond acceptors (Lipinski definition) is 7.